The fraction of sp³-hybridized carbons (Fsp3) is 0.105. The summed E-state index contributed by atoms with van der Waals surface area (Å²) >= 11 is 23.4. The molecule has 0 atom stereocenters. The van der Waals surface area contributed by atoms with Crippen LogP contribution in [-0.4, -0.2) is 31.4 Å². The Kier molecular flexibility index (Phi) is 7.79. The van der Waals surface area contributed by atoms with Crippen molar-refractivity contribution < 1.29 is 27.4 Å². The van der Waals surface area contributed by atoms with Crippen molar-refractivity contribution in [3.63, 3.8) is 0 Å². The molecular weight excluding hydrogens is 566 g/mol. The summed E-state index contributed by atoms with van der Waals surface area (Å²) in [4.78, 5) is 4.01. The van der Waals surface area contributed by atoms with Crippen molar-refractivity contribution in [3.05, 3.63) is 57.7 Å². The van der Waals surface area contributed by atoms with Crippen molar-refractivity contribution in [1.29, 1.82) is 5.26 Å². The van der Waals surface area contributed by atoms with E-state index in [1.54, 1.807) is 6.07 Å². The van der Waals surface area contributed by atoms with Gasteiger partial charge in [0.1, 0.15) is 23.3 Å². The van der Waals surface area contributed by atoms with Crippen molar-refractivity contribution in [2.75, 3.05) is 0 Å². The third-order valence-electron chi connectivity index (χ3n) is 3.81. The number of hydrogen-bond acceptors (Lipinski definition) is 6. The number of halogens is 8. The van der Waals surface area contributed by atoms with Crippen LogP contribution in [0.3, 0.4) is 0 Å². The second kappa shape index (κ2) is 10.1. The highest BCUT2D eigenvalue weighted by Gasteiger charge is 2.33. The largest absolute Gasteiger partial charge is 0.573 e. The molecule has 0 saturated heterocycles. The lowest BCUT2D eigenvalue weighted by atomic mass is 10.2. The van der Waals surface area contributed by atoms with Crippen molar-refractivity contribution in [3.8, 4) is 23.3 Å². The Morgan fingerprint density at radius 1 is 1.12 bits per heavy atom. The van der Waals surface area contributed by atoms with Gasteiger partial charge in [-0.05, 0) is 41.6 Å². The number of thioether (sulfide) groups is 1. The van der Waals surface area contributed by atoms with Crippen molar-refractivity contribution in [2.24, 2.45) is 4.99 Å². The van der Waals surface area contributed by atoms with Crippen molar-refractivity contribution in [2.45, 2.75) is 15.2 Å². The lowest BCUT2D eigenvalue weighted by molar-refractivity contribution is -0.274. The van der Waals surface area contributed by atoms with Gasteiger partial charge in [0.15, 0.2) is 11.5 Å². The Labute approximate surface area is 213 Å². The maximum Gasteiger partial charge on any atom is 0.573 e. The van der Waals surface area contributed by atoms with E-state index in [1.165, 1.54) is 30.5 Å². The van der Waals surface area contributed by atoms with Gasteiger partial charge in [-0.25, -0.2) is 9.67 Å². The smallest absolute Gasteiger partial charge is 0.508 e. The van der Waals surface area contributed by atoms with Crippen LogP contribution in [0.2, 0.25) is 10.0 Å². The van der Waals surface area contributed by atoms with Gasteiger partial charge in [0.2, 0.25) is 0 Å². The first kappa shape index (κ1) is 26.2. The van der Waals surface area contributed by atoms with Gasteiger partial charge < -0.3 is 9.84 Å². The number of phenolic OH excluding ortho intramolecular Hbond substituents is 1. The summed E-state index contributed by atoms with van der Waals surface area (Å²) in [5.41, 5.74) is -0.0593. The maximum absolute atomic E-state index is 14.1. The van der Waals surface area contributed by atoms with E-state index in [2.05, 4.69) is 14.8 Å². The molecule has 0 amide bonds. The molecule has 0 saturated carbocycles. The molecule has 0 unspecified atom stereocenters. The minimum absolute atomic E-state index is 0.00331. The molecule has 0 aliphatic carbocycles. The monoisotopic (exact) mass is 572 g/mol. The Hall–Kier alpha value is -2.36. The first-order chi connectivity index (χ1) is 15.8. The first-order valence-corrected chi connectivity index (χ1v) is 11.0. The number of aromatic hydroxyl groups is 1. The number of aromatic nitrogens is 2. The zero-order chi connectivity index (χ0) is 25.3. The van der Waals surface area contributed by atoms with Gasteiger partial charge in [0, 0.05) is 18.3 Å². The molecule has 0 bridgehead atoms. The Balaban J connectivity index is 2.21. The zero-order valence-corrected chi connectivity index (χ0v) is 20.0. The summed E-state index contributed by atoms with van der Waals surface area (Å²) < 4.78 is 53.7. The number of ether oxygens (including phenoxy) is 1. The highest BCUT2D eigenvalue weighted by molar-refractivity contribution is 8.03. The summed E-state index contributed by atoms with van der Waals surface area (Å²) in [7, 11) is 0. The molecule has 6 nitrogen and oxygen atoms in total. The minimum atomic E-state index is -5.00. The molecule has 1 aromatic heterocycles. The summed E-state index contributed by atoms with van der Waals surface area (Å²) in [5, 5.41) is 22.2. The first-order valence-electron chi connectivity index (χ1n) is 8.64. The topological polar surface area (TPSA) is 83.4 Å². The van der Waals surface area contributed by atoms with E-state index in [0.717, 1.165) is 16.8 Å². The van der Waals surface area contributed by atoms with Crippen LogP contribution in [-0.2, 0) is 0 Å². The van der Waals surface area contributed by atoms with Crippen LogP contribution < -0.4 is 4.74 Å². The highest BCUT2D eigenvalue weighted by atomic mass is 35.5. The lowest BCUT2D eigenvalue weighted by Crippen LogP contribution is -2.17. The fourth-order valence-electron chi connectivity index (χ4n) is 2.58. The van der Waals surface area contributed by atoms with Gasteiger partial charge in [0.05, 0.1) is 14.9 Å². The molecule has 3 aromatic rings. The third kappa shape index (κ3) is 6.61. The molecule has 1 N–H and O–H groups in total. The number of benzene rings is 2. The number of hydrogen-bond donors (Lipinski definition) is 1. The summed E-state index contributed by atoms with van der Waals surface area (Å²) in [5.74, 6) is -0.908. The molecule has 0 radical (unpaired) electrons. The van der Waals surface area contributed by atoms with E-state index in [9.17, 15) is 27.9 Å². The molecule has 34 heavy (non-hydrogen) atoms. The van der Waals surface area contributed by atoms with Crippen LogP contribution >= 0.6 is 58.2 Å². The van der Waals surface area contributed by atoms with E-state index in [-0.39, 0.29) is 49.7 Å². The molecule has 0 aliphatic rings. The average Bonchev–Trinajstić information content (AvgIpc) is 3.01. The van der Waals surface area contributed by atoms with Gasteiger partial charge in [0.25, 0.3) is 0 Å². The van der Waals surface area contributed by atoms with Gasteiger partial charge >= 0.3 is 10.3 Å². The highest BCUT2D eigenvalue weighted by Crippen LogP contribution is 2.48. The standard InChI is InChI=1S/C19H8Cl4F4N4O2S/c20-12-5-11(33-19(25,26)27)6-13(21)15(12)31-17(29-8-9-1-3-10(32)4-2-9)16(14(7-28)30-31)34-18(22,23)24/h1-6,8,32H. The maximum atomic E-state index is 14.1. The number of aliphatic imine (C=N–C) groups is 1. The molecule has 1 heterocycles. The van der Waals surface area contributed by atoms with Crippen LogP contribution in [0, 0.1) is 11.3 Å². The number of phenols is 1. The molecule has 3 rings (SSSR count). The summed E-state index contributed by atoms with van der Waals surface area (Å²) in [6.07, 6.45) is -3.72. The molecule has 178 valence electrons. The van der Waals surface area contributed by atoms with E-state index >= 15 is 0 Å². The van der Waals surface area contributed by atoms with Gasteiger partial charge in [-0.15, -0.1) is 13.2 Å². The number of nitriles is 1. The third-order valence-corrected chi connectivity index (χ3v) is 5.66. The van der Waals surface area contributed by atoms with E-state index in [4.69, 9.17) is 46.4 Å². The molecule has 15 heteroatoms. The SMILES string of the molecule is N#Cc1nn(-c2c(Cl)cc(OC(F)(F)F)cc2Cl)c(N=Cc2ccc(O)cc2)c1SC(F)(Cl)Cl. The number of nitrogens with zero attached hydrogens (tertiary/aromatic N) is 4. The van der Waals surface area contributed by atoms with E-state index in [1.807, 2.05) is 0 Å². The van der Waals surface area contributed by atoms with Crippen LogP contribution in [0.15, 0.2) is 46.3 Å². The van der Waals surface area contributed by atoms with Crippen LogP contribution in [0.1, 0.15) is 11.3 Å². The van der Waals surface area contributed by atoms with Gasteiger partial charge in [-0.3, -0.25) is 0 Å². The second-order valence-corrected chi connectivity index (χ2v) is 9.88. The summed E-state index contributed by atoms with van der Waals surface area (Å²) in [6, 6.07) is 9.15. The van der Waals surface area contributed by atoms with Crippen molar-refractivity contribution in [1.82, 2.24) is 9.78 Å². The predicted molar refractivity (Wildman–Crippen MR) is 122 cm³/mol. The Morgan fingerprint density at radius 2 is 1.71 bits per heavy atom. The van der Waals surface area contributed by atoms with Gasteiger partial charge in [-0.1, -0.05) is 46.4 Å². The number of alkyl halides is 6. The number of rotatable bonds is 6. The minimum Gasteiger partial charge on any atom is -0.508 e. The predicted octanol–water partition coefficient (Wildman–Crippen LogP) is 7.56. The Morgan fingerprint density at radius 3 is 2.21 bits per heavy atom. The molecule has 2 aromatic carbocycles. The Bertz CT molecular complexity index is 1260. The summed E-state index contributed by atoms with van der Waals surface area (Å²) in [6.45, 7) is 0. The lowest BCUT2D eigenvalue weighted by Gasteiger charge is -2.14. The average molecular weight is 574 g/mol. The van der Waals surface area contributed by atoms with Crippen molar-refractivity contribution >= 4 is 70.2 Å². The van der Waals surface area contributed by atoms with E-state index < -0.39 is 16.0 Å². The molecular formula is C19H8Cl4F4N4O2S. The van der Waals surface area contributed by atoms with Crippen LogP contribution in [0.5, 0.6) is 11.5 Å². The second-order valence-electron chi connectivity index (χ2n) is 6.21. The normalized spacial score (nSPS) is 12.2. The molecule has 0 spiro atoms. The molecule has 0 aliphatic heterocycles. The van der Waals surface area contributed by atoms with Crippen LogP contribution in [0.25, 0.3) is 5.69 Å². The quantitative estimate of drug-likeness (QED) is 0.142. The van der Waals surface area contributed by atoms with E-state index in [0.29, 0.717) is 5.56 Å². The fourth-order valence-corrected chi connectivity index (χ4v) is 4.32. The van der Waals surface area contributed by atoms with Gasteiger partial charge in [-0.2, -0.15) is 14.8 Å². The molecule has 0 fully saturated rings. The van der Waals surface area contributed by atoms with Crippen LogP contribution in [0.4, 0.5) is 23.4 Å². The zero-order valence-electron chi connectivity index (χ0n) is 16.1.